The van der Waals surface area contributed by atoms with Crippen molar-refractivity contribution in [3.63, 3.8) is 0 Å². The van der Waals surface area contributed by atoms with Crippen molar-refractivity contribution < 1.29 is 9.50 Å². The highest BCUT2D eigenvalue weighted by Gasteiger charge is 2.08. The monoisotopic (exact) mass is 193 g/mol. The fourth-order valence-corrected chi connectivity index (χ4v) is 1.49. The second-order valence-corrected chi connectivity index (χ2v) is 3.11. The van der Waals surface area contributed by atoms with Crippen LogP contribution in [0.25, 0.3) is 10.9 Å². The Kier molecular flexibility index (Phi) is 1.77. The molecule has 1 aromatic carbocycles. The van der Waals surface area contributed by atoms with E-state index in [4.69, 9.17) is 0 Å². The minimum absolute atomic E-state index is 0.194. The fourth-order valence-electron chi connectivity index (χ4n) is 1.49. The lowest BCUT2D eigenvalue weighted by atomic mass is 10.1. The molecule has 2 N–H and O–H groups in total. The van der Waals surface area contributed by atoms with Crippen LogP contribution in [0.5, 0.6) is 5.75 Å². The summed E-state index contributed by atoms with van der Waals surface area (Å²) in [6, 6.07) is 3.72. The van der Waals surface area contributed by atoms with E-state index in [1.54, 1.807) is 6.92 Å². The highest BCUT2D eigenvalue weighted by atomic mass is 19.1. The van der Waals surface area contributed by atoms with Gasteiger partial charge in [-0.05, 0) is 24.6 Å². The average molecular weight is 193 g/mol. The van der Waals surface area contributed by atoms with Crippen LogP contribution in [0.1, 0.15) is 5.56 Å². The third-order valence-corrected chi connectivity index (χ3v) is 2.18. The van der Waals surface area contributed by atoms with Gasteiger partial charge in [-0.3, -0.25) is 4.79 Å². The van der Waals surface area contributed by atoms with Crippen molar-refractivity contribution in [3.8, 4) is 5.75 Å². The van der Waals surface area contributed by atoms with Crippen LogP contribution in [0, 0.1) is 12.7 Å². The number of fused-ring (bicyclic) bond motifs is 1. The Labute approximate surface area is 78.8 Å². The van der Waals surface area contributed by atoms with Crippen LogP contribution in [-0.2, 0) is 0 Å². The zero-order chi connectivity index (χ0) is 10.3. The SMILES string of the molecule is Cc1c(F)ccc2[nH]c(=O)cc(O)c12. The lowest BCUT2D eigenvalue weighted by molar-refractivity contribution is 0.479. The van der Waals surface area contributed by atoms with E-state index in [0.717, 1.165) is 6.07 Å². The van der Waals surface area contributed by atoms with Gasteiger partial charge in [-0.2, -0.15) is 0 Å². The van der Waals surface area contributed by atoms with Crippen molar-refractivity contribution in [3.05, 3.63) is 39.9 Å². The van der Waals surface area contributed by atoms with Crippen LogP contribution in [0.3, 0.4) is 0 Å². The summed E-state index contributed by atoms with van der Waals surface area (Å²) in [6.07, 6.45) is 0. The highest BCUT2D eigenvalue weighted by molar-refractivity contribution is 5.87. The van der Waals surface area contributed by atoms with Gasteiger partial charge in [0.1, 0.15) is 11.6 Å². The van der Waals surface area contributed by atoms with Gasteiger partial charge < -0.3 is 10.1 Å². The minimum Gasteiger partial charge on any atom is -0.507 e. The summed E-state index contributed by atoms with van der Waals surface area (Å²) in [5.41, 5.74) is 0.367. The first-order valence-electron chi connectivity index (χ1n) is 4.10. The number of halogens is 1. The Morgan fingerprint density at radius 1 is 1.43 bits per heavy atom. The van der Waals surface area contributed by atoms with E-state index in [-0.39, 0.29) is 5.75 Å². The first-order valence-corrected chi connectivity index (χ1v) is 4.10. The number of nitrogens with one attached hydrogen (secondary N) is 1. The maximum atomic E-state index is 13.1. The van der Waals surface area contributed by atoms with E-state index in [1.807, 2.05) is 0 Å². The number of rotatable bonds is 0. The average Bonchev–Trinajstić information content (AvgIpc) is 2.10. The number of aromatic nitrogens is 1. The molecule has 0 atom stereocenters. The number of hydrogen-bond acceptors (Lipinski definition) is 2. The molecular formula is C10H8FNO2. The number of benzene rings is 1. The molecule has 0 aliphatic heterocycles. The van der Waals surface area contributed by atoms with E-state index in [1.165, 1.54) is 12.1 Å². The van der Waals surface area contributed by atoms with Gasteiger partial charge in [0.2, 0.25) is 0 Å². The molecule has 0 saturated heterocycles. The summed E-state index contributed by atoms with van der Waals surface area (Å²) < 4.78 is 13.1. The number of hydrogen-bond donors (Lipinski definition) is 2. The van der Waals surface area contributed by atoms with Crippen LogP contribution >= 0.6 is 0 Å². The molecule has 2 aromatic rings. The van der Waals surface area contributed by atoms with E-state index in [9.17, 15) is 14.3 Å². The van der Waals surface area contributed by atoms with Crippen LogP contribution in [0.2, 0.25) is 0 Å². The summed E-state index contributed by atoms with van der Waals surface area (Å²) in [5.74, 6) is -0.597. The summed E-state index contributed by atoms with van der Waals surface area (Å²) in [5, 5.41) is 9.82. The van der Waals surface area contributed by atoms with Gasteiger partial charge in [0.05, 0.1) is 5.52 Å². The Hall–Kier alpha value is -1.84. The smallest absolute Gasteiger partial charge is 0.252 e. The maximum absolute atomic E-state index is 13.1. The molecule has 2 rings (SSSR count). The molecular weight excluding hydrogens is 185 g/mol. The Morgan fingerprint density at radius 2 is 2.14 bits per heavy atom. The van der Waals surface area contributed by atoms with Gasteiger partial charge in [0.25, 0.3) is 5.56 Å². The first kappa shape index (κ1) is 8.74. The molecule has 0 saturated carbocycles. The van der Waals surface area contributed by atoms with Crippen molar-refractivity contribution >= 4 is 10.9 Å². The third-order valence-electron chi connectivity index (χ3n) is 2.18. The van der Waals surface area contributed by atoms with Crippen molar-refractivity contribution in [1.29, 1.82) is 0 Å². The molecule has 72 valence electrons. The number of aromatic hydroxyl groups is 1. The zero-order valence-electron chi connectivity index (χ0n) is 7.47. The lowest BCUT2D eigenvalue weighted by Crippen LogP contribution is -2.03. The number of aromatic amines is 1. The second-order valence-electron chi connectivity index (χ2n) is 3.11. The van der Waals surface area contributed by atoms with E-state index in [0.29, 0.717) is 16.5 Å². The standard InChI is InChI=1S/C10H8FNO2/c1-5-6(11)2-3-7-10(5)8(13)4-9(14)12-7/h2-4H,1H3,(H2,12,13,14). The van der Waals surface area contributed by atoms with Gasteiger partial charge in [0, 0.05) is 11.5 Å². The van der Waals surface area contributed by atoms with Crippen molar-refractivity contribution in [2.24, 2.45) is 0 Å². The first-order chi connectivity index (χ1) is 6.59. The number of H-pyrrole nitrogens is 1. The summed E-state index contributed by atoms with van der Waals surface area (Å²) in [6.45, 7) is 1.55. The fraction of sp³-hybridized carbons (Fsp3) is 0.100. The van der Waals surface area contributed by atoms with Crippen molar-refractivity contribution in [2.75, 3.05) is 0 Å². The number of pyridine rings is 1. The van der Waals surface area contributed by atoms with Crippen LogP contribution < -0.4 is 5.56 Å². The maximum Gasteiger partial charge on any atom is 0.252 e. The second kappa shape index (κ2) is 2.83. The topological polar surface area (TPSA) is 53.1 Å². The van der Waals surface area contributed by atoms with Gasteiger partial charge >= 0.3 is 0 Å². The van der Waals surface area contributed by atoms with Crippen LogP contribution in [-0.4, -0.2) is 10.1 Å². The Morgan fingerprint density at radius 3 is 2.86 bits per heavy atom. The van der Waals surface area contributed by atoms with Gasteiger partial charge in [-0.1, -0.05) is 0 Å². The van der Waals surface area contributed by atoms with E-state index in [2.05, 4.69) is 4.98 Å². The predicted molar refractivity (Wildman–Crippen MR) is 50.9 cm³/mol. The molecule has 0 aliphatic rings. The zero-order valence-corrected chi connectivity index (χ0v) is 7.47. The third kappa shape index (κ3) is 1.16. The lowest BCUT2D eigenvalue weighted by Gasteiger charge is -2.04. The van der Waals surface area contributed by atoms with Gasteiger partial charge in [-0.15, -0.1) is 0 Å². The van der Waals surface area contributed by atoms with Crippen molar-refractivity contribution in [1.82, 2.24) is 4.98 Å². The van der Waals surface area contributed by atoms with Gasteiger partial charge in [-0.25, -0.2) is 4.39 Å². The highest BCUT2D eigenvalue weighted by Crippen LogP contribution is 2.25. The summed E-state index contributed by atoms with van der Waals surface area (Å²) in [4.78, 5) is 13.5. The molecule has 0 unspecified atom stereocenters. The molecule has 0 amide bonds. The van der Waals surface area contributed by atoms with Gasteiger partial charge in [0.15, 0.2) is 0 Å². The summed E-state index contributed by atoms with van der Waals surface area (Å²) in [7, 11) is 0. The Bertz CT molecular complexity index is 560. The molecule has 0 spiro atoms. The number of aryl methyl sites for hydroxylation is 1. The molecule has 4 heteroatoms. The van der Waals surface area contributed by atoms with Crippen LogP contribution in [0.15, 0.2) is 23.0 Å². The van der Waals surface area contributed by atoms with Crippen LogP contribution in [0.4, 0.5) is 4.39 Å². The minimum atomic E-state index is -0.403. The molecule has 0 fully saturated rings. The van der Waals surface area contributed by atoms with E-state index >= 15 is 0 Å². The molecule has 1 aromatic heterocycles. The molecule has 0 radical (unpaired) electrons. The largest absolute Gasteiger partial charge is 0.507 e. The molecule has 0 bridgehead atoms. The quantitative estimate of drug-likeness (QED) is 0.668. The predicted octanol–water partition coefficient (Wildman–Crippen LogP) is 1.68. The normalized spacial score (nSPS) is 10.7. The molecule has 1 heterocycles. The summed E-state index contributed by atoms with van der Waals surface area (Å²) >= 11 is 0. The molecule has 14 heavy (non-hydrogen) atoms. The Balaban J connectivity index is 3.03. The van der Waals surface area contributed by atoms with Crippen molar-refractivity contribution in [2.45, 2.75) is 6.92 Å². The molecule has 0 aliphatic carbocycles. The van der Waals surface area contributed by atoms with E-state index < -0.39 is 11.4 Å². The molecule has 3 nitrogen and oxygen atoms in total.